The molecule has 0 amide bonds. The Morgan fingerprint density at radius 1 is 1.07 bits per heavy atom. The molecule has 0 radical (unpaired) electrons. The largest absolute Gasteiger partial charge is 0.348 e. The second kappa shape index (κ2) is 7.89. The van der Waals surface area contributed by atoms with E-state index in [4.69, 9.17) is 9.97 Å². The maximum Gasteiger partial charge on any atom is 0.255 e. The number of nitrogens with one attached hydrogen (secondary N) is 1. The Labute approximate surface area is 176 Å². The minimum atomic E-state index is -0.207. The molecule has 1 N–H and O–H groups in total. The summed E-state index contributed by atoms with van der Waals surface area (Å²) in [6.07, 6.45) is 2.60. The molecule has 0 aliphatic carbocycles. The summed E-state index contributed by atoms with van der Waals surface area (Å²) in [5.41, 5.74) is 1.73. The van der Waals surface area contributed by atoms with Crippen LogP contribution in [0.2, 0.25) is 0 Å². The predicted octanol–water partition coefficient (Wildman–Crippen LogP) is 4.05. The van der Waals surface area contributed by atoms with Gasteiger partial charge in [0.05, 0.1) is 11.7 Å². The molecule has 1 aliphatic rings. The van der Waals surface area contributed by atoms with Crippen molar-refractivity contribution in [2.45, 2.75) is 52.1 Å². The van der Waals surface area contributed by atoms with E-state index in [-0.39, 0.29) is 17.0 Å². The van der Waals surface area contributed by atoms with Gasteiger partial charge in [0, 0.05) is 30.8 Å². The van der Waals surface area contributed by atoms with Crippen LogP contribution in [0.25, 0.3) is 0 Å². The fourth-order valence-electron chi connectivity index (χ4n) is 3.59. The number of fused-ring (bicyclic) bond motifs is 1. The van der Waals surface area contributed by atoms with Crippen LogP contribution in [0, 0.1) is 0 Å². The molecule has 30 heavy (non-hydrogen) atoms. The summed E-state index contributed by atoms with van der Waals surface area (Å²) < 4.78 is 1.74. The molecule has 0 saturated carbocycles. The van der Waals surface area contributed by atoms with Gasteiger partial charge < -0.3 is 5.32 Å². The maximum atomic E-state index is 12.7. The van der Waals surface area contributed by atoms with Crippen LogP contribution in [-0.4, -0.2) is 26.1 Å². The molecule has 0 fully saturated rings. The average Bonchev–Trinajstić information content (AvgIpc) is 2.73. The van der Waals surface area contributed by atoms with E-state index < -0.39 is 0 Å². The number of hydrogen-bond donors (Lipinski definition) is 1. The molecule has 0 spiro atoms. The van der Waals surface area contributed by atoms with E-state index in [0.717, 1.165) is 30.0 Å². The van der Waals surface area contributed by atoms with Gasteiger partial charge in [0.2, 0.25) is 11.9 Å². The SMILES string of the molecule is CC(Nc1nccc(N2CCCn3c2nc(C(C)(C)C)cc3=O)n1)c1ccccc1. The highest BCUT2D eigenvalue weighted by atomic mass is 16.1. The molecule has 0 bridgehead atoms. The van der Waals surface area contributed by atoms with Gasteiger partial charge in [-0.2, -0.15) is 4.98 Å². The van der Waals surface area contributed by atoms with Gasteiger partial charge in [-0.15, -0.1) is 0 Å². The molecule has 7 nitrogen and oxygen atoms in total. The molecule has 2 aromatic heterocycles. The molecular formula is C23H28N6O. The van der Waals surface area contributed by atoms with Gasteiger partial charge >= 0.3 is 0 Å². The Bertz CT molecular complexity index is 1090. The third kappa shape index (κ3) is 4.06. The fraction of sp³-hybridized carbons (Fsp3) is 0.391. The van der Waals surface area contributed by atoms with Crippen molar-refractivity contribution < 1.29 is 0 Å². The fourth-order valence-corrected chi connectivity index (χ4v) is 3.59. The number of rotatable bonds is 4. The molecule has 1 aliphatic heterocycles. The highest BCUT2D eigenvalue weighted by Gasteiger charge is 2.26. The summed E-state index contributed by atoms with van der Waals surface area (Å²) in [6.45, 7) is 9.70. The first-order valence-corrected chi connectivity index (χ1v) is 10.4. The predicted molar refractivity (Wildman–Crippen MR) is 119 cm³/mol. The molecule has 1 atom stereocenters. The van der Waals surface area contributed by atoms with Crippen LogP contribution < -0.4 is 15.8 Å². The quantitative estimate of drug-likeness (QED) is 0.707. The van der Waals surface area contributed by atoms with Crippen LogP contribution in [-0.2, 0) is 12.0 Å². The Hall–Kier alpha value is -3.22. The van der Waals surface area contributed by atoms with Crippen molar-refractivity contribution in [3.63, 3.8) is 0 Å². The molecule has 1 aromatic carbocycles. The lowest BCUT2D eigenvalue weighted by Gasteiger charge is -2.31. The van der Waals surface area contributed by atoms with E-state index in [9.17, 15) is 4.79 Å². The van der Waals surface area contributed by atoms with Crippen molar-refractivity contribution >= 4 is 17.7 Å². The third-order valence-corrected chi connectivity index (χ3v) is 5.32. The molecule has 3 heterocycles. The van der Waals surface area contributed by atoms with Crippen LogP contribution in [0.3, 0.4) is 0 Å². The van der Waals surface area contributed by atoms with Crippen molar-refractivity contribution in [2.75, 3.05) is 16.8 Å². The van der Waals surface area contributed by atoms with Gasteiger partial charge in [-0.3, -0.25) is 14.3 Å². The minimum Gasteiger partial charge on any atom is -0.348 e. The maximum absolute atomic E-state index is 12.7. The standard InChI is InChI=1S/C23H28N6O/c1-16(17-9-6-5-7-10-17)25-21-24-12-11-19(27-21)28-13-8-14-29-20(30)15-18(23(2,3)4)26-22(28)29/h5-7,9-12,15-16H,8,13-14H2,1-4H3,(H,24,25,27). The van der Waals surface area contributed by atoms with E-state index in [1.54, 1.807) is 16.8 Å². The van der Waals surface area contributed by atoms with Crippen molar-refractivity contribution in [3.8, 4) is 0 Å². The molecule has 3 aromatic rings. The van der Waals surface area contributed by atoms with Crippen LogP contribution in [0.5, 0.6) is 0 Å². The Balaban J connectivity index is 1.67. The Kier molecular flexibility index (Phi) is 5.28. The monoisotopic (exact) mass is 404 g/mol. The van der Waals surface area contributed by atoms with Crippen LogP contribution in [0.1, 0.15) is 51.4 Å². The first-order valence-electron chi connectivity index (χ1n) is 10.4. The van der Waals surface area contributed by atoms with Crippen LogP contribution >= 0.6 is 0 Å². The van der Waals surface area contributed by atoms with E-state index in [1.807, 2.05) is 29.2 Å². The first kappa shape index (κ1) is 20.1. The number of anilines is 3. The molecule has 1 unspecified atom stereocenters. The summed E-state index contributed by atoms with van der Waals surface area (Å²) in [7, 11) is 0. The molecular weight excluding hydrogens is 376 g/mol. The zero-order valence-electron chi connectivity index (χ0n) is 18.0. The molecule has 7 heteroatoms. The van der Waals surface area contributed by atoms with Gasteiger partial charge in [0.25, 0.3) is 5.56 Å². The Morgan fingerprint density at radius 3 is 2.57 bits per heavy atom. The first-order chi connectivity index (χ1) is 14.3. The van der Waals surface area contributed by atoms with Crippen molar-refractivity contribution in [2.24, 2.45) is 0 Å². The zero-order valence-corrected chi connectivity index (χ0v) is 18.0. The smallest absolute Gasteiger partial charge is 0.255 e. The zero-order chi connectivity index (χ0) is 21.3. The lowest BCUT2D eigenvalue weighted by atomic mass is 9.92. The summed E-state index contributed by atoms with van der Waals surface area (Å²) >= 11 is 0. The van der Waals surface area contributed by atoms with Gasteiger partial charge in [-0.1, -0.05) is 51.1 Å². The van der Waals surface area contributed by atoms with Gasteiger partial charge in [-0.25, -0.2) is 9.97 Å². The van der Waals surface area contributed by atoms with E-state index in [0.29, 0.717) is 18.4 Å². The summed E-state index contributed by atoms with van der Waals surface area (Å²) in [4.78, 5) is 28.7. The van der Waals surface area contributed by atoms with Crippen LogP contribution in [0.4, 0.5) is 17.7 Å². The summed E-state index contributed by atoms with van der Waals surface area (Å²) in [5.74, 6) is 1.94. The second-order valence-electron chi connectivity index (χ2n) is 8.70. The highest BCUT2D eigenvalue weighted by Crippen LogP contribution is 2.28. The normalized spacial score (nSPS) is 14.9. The second-order valence-corrected chi connectivity index (χ2v) is 8.70. The third-order valence-electron chi connectivity index (χ3n) is 5.32. The van der Waals surface area contributed by atoms with Gasteiger partial charge in [0.15, 0.2) is 0 Å². The van der Waals surface area contributed by atoms with Crippen molar-refractivity contribution in [1.29, 1.82) is 0 Å². The Morgan fingerprint density at radius 2 is 1.83 bits per heavy atom. The summed E-state index contributed by atoms with van der Waals surface area (Å²) in [5, 5.41) is 3.37. The average molecular weight is 405 g/mol. The van der Waals surface area contributed by atoms with E-state index in [1.165, 1.54) is 0 Å². The summed E-state index contributed by atoms with van der Waals surface area (Å²) in [6, 6.07) is 13.8. The van der Waals surface area contributed by atoms with Crippen molar-refractivity contribution in [1.82, 2.24) is 19.5 Å². The minimum absolute atomic E-state index is 0.0141. The highest BCUT2D eigenvalue weighted by molar-refractivity contribution is 5.55. The van der Waals surface area contributed by atoms with Gasteiger partial charge in [-0.05, 0) is 25.0 Å². The number of hydrogen-bond acceptors (Lipinski definition) is 6. The molecule has 156 valence electrons. The lowest BCUT2D eigenvalue weighted by molar-refractivity contribution is 0.524. The molecule has 0 saturated heterocycles. The van der Waals surface area contributed by atoms with Crippen LogP contribution in [0.15, 0.2) is 53.5 Å². The van der Waals surface area contributed by atoms with Gasteiger partial charge in [0.1, 0.15) is 5.82 Å². The molecule has 4 rings (SSSR count). The van der Waals surface area contributed by atoms with E-state index in [2.05, 4.69) is 50.1 Å². The number of aromatic nitrogens is 4. The topological polar surface area (TPSA) is 75.9 Å². The number of benzene rings is 1. The lowest BCUT2D eigenvalue weighted by Crippen LogP contribution is -2.37. The number of nitrogens with zero attached hydrogens (tertiary/aromatic N) is 5. The van der Waals surface area contributed by atoms with Crippen molar-refractivity contribution in [3.05, 3.63) is 70.3 Å². The van der Waals surface area contributed by atoms with E-state index >= 15 is 0 Å².